The van der Waals surface area contributed by atoms with Gasteiger partial charge in [0.05, 0.1) is 5.69 Å². The summed E-state index contributed by atoms with van der Waals surface area (Å²) in [7, 11) is 0. The van der Waals surface area contributed by atoms with Crippen molar-refractivity contribution in [2.45, 2.75) is 46.2 Å². The van der Waals surface area contributed by atoms with Crippen LogP contribution in [0.4, 0.5) is 0 Å². The Kier molecular flexibility index (Phi) is 2.59. The van der Waals surface area contributed by atoms with Gasteiger partial charge in [0.1, 0.15) is 0 Å². The van der Waals surface area contributed by atoms with E-state index in [2.05, 4.69) is 35.9 Å². The molecular formula is C11H19N3. The summed E-state index contributed by atoms with van der Waals surface area (Å²) in [6, 6.07) is 0.488. The quantitative estimate of drug-likeness (QED) is 0.774. The van der Waals surface area contributed by atoms with Gasteiger partial charge >= 0.3 is 0 Å². The summed E-state index contributed by atoms with van der Waals surface area (Å²) >= 11 is 0. The topological polar surface area (TPSA) is 29.9 Å². The second-order valence-corrected chi connectivity index (χ2v) is 4.19. The molecule has 1 aliphatic rings. The first-order valence-corrected chi connectivity index (χ1v) is 5.53. The monoisotopic (exact) mass is 193 g/mol. The van der Waals surface area contributed by atoms with Gasteiger partial charge in [-0.3, -0.25) is 4.68 Å². The fourth-order valence-electron chi connectivity index (χ4n) is 2.16. The van der Waals surface area contributed by atoms with Crippen molar-refractivity contribution in [1.82, 2.24) is 15.1 Å². The first-order chi connectivity index (χ1) is 6.74. The molecule has 1 aliphatic heterocycles. The number of aromatic nitrogens is 2. The molecule has 1 aromatic heterocycles. The van der Waals surface area contributed by atoms with E-state index in [1.165, 1.54) is 17.0 Å². The third kappa shape index (κ3) is 1.46. The van der Waals surface area contributed by atoms with Gasteiger partial charge in [-0.25, -0.2) is 0 Å². The molecule has 0 amide bonds. The minimum absolute atomic E-state index is 0.488. The Morgan fingerprint density at radius 3 is 2.93 bits per heavy atom. The molecule has 0 atom stereocenters. The maximum atomic E-state index is 4.69. The lowest BCUT2D eigenvalue weighted by Crippen LogP contribution is -2.25. The number of nitrogens with zero attached hydrogens (tertiary/aromatic N) is 2. The van der Waals surface area contributed by atoms with Crippen molar-refractivity contribution in [3.8, 4) is 0 Å². The Bertz CT molecular complexity index is 326. The average molecular weight is 193 g/mol. The Morgan fingerprint density at radius 2 is 2.29 bits per heavy atom. The molecule has 0 saturated heterocycles. The van der Waals surface area contributed by atoms with Crippen molar-refractivity contribution in [2.24, 2.45) is 0 Å². The molecule has 78 valence electrons. The molecule has 1 aromatic rings. The first kappa shape index (κ1) is 9.71. The standard InChI is InChI=1S/C11H19N3/c1-4-10-9-7-12-6-5-11(9)14(13-10)8(2)3/h8,12H,4-7H2,1-3H3. The lowest BCUT2D eigenvalue weighted by molar-refractivity contribution is 0.491. The third-order valence-electron chi connectivity index (χ3n) is 2.87. The van der Waals surface area contributed by atoms with E-state index < -0.39 is 0 Å². The van der Waals surface area contributed by atoms with E-state index in [0.29, 0.717) is 6.04 Å². The maximum absolute atomic E-state index is 4.69. The summed E-state index contributed by atoms with van der Waals surface area (Å²) < 4.78 is 2.20. The number of hydrogen-bond acceptors (Lipinski definition) is 2. The van der Waals surface area contributed by atoms with E-state index in [1.807, 2.05) is 0 Å². The molecule has 0 aliphatic carbocycles. The fourth-order valence-corrected chi connectivity index (χ4v) is 2.16. The van der Waals surface area contributed by atoms with E-state index in [0.717, 1.165) is 25.9 Å². The van der Waals surface area contributed by atoms with E-state index in [1.54, 1.807) is 0 Å². The number of nitrogens with one attached hydrogen (secondary N) is 1. The summed E-state index contributed by atoms with van der Waals surface area (Å²) in [6.07, 6.45) is 2.17. The average Bonchev–Trinajstić information content (AvgIpc) is 2.56. The predicted molar refractivity (Wildman–Crippen MR) is 57.4 cm³/mol. The van der Waals surface area contributed by atoms with Crippen molar-refractivity contribution in [2.75, 3.05) is 6.54 Å². The van der Waals surface area contributed by atoms with E-state index in [-0.39, 0.29) is 0 Å². The van der Waals surface area contributed by atoms with Gasteiger partial charge in [0.25, 0.3) is 0 Å². The third-order valence-corrected chi connectivity index (χ3v) is 2.87. The van der Waals surface area contributed by atoms with Crippen LogP contribution in [-0.4, -0.2) is 16.3 Å². The smallest absolute Gasteiger partial charge is 0.0669 e. The highest BCUT2D eigenvalue weighted by Gasteiger charge is 2.20. The van der Waals surface area contributed by atoms with E-state index in [9.17, 15) is 0 Å². The van der Waals surface area contributed by atoms with Crippen molar-refractivity contribution >= 4 is 0 Å². The largest absolute Gasteiger partial charge is 0.312 e. The van der Waals surface area contributed by atoms with E-state index >= 15 is 0 Å². The van der Waals surface area contributed by atoms with Gasteiger partial charge in [0.15, 0.2) is 0 Å². The highest BCUT2D eigenvalue weighted by Crippen LogP contribution is 2.21. The maximum Gasteiger partial charge on any atom is 0.0669 e. The number of hydrogen-bond donors (Lipinski definition) is 1. The number of aryl methyl sites for hydroxylation is 1. The van der Waals surface area contributed by atoms with Gasteiger partial charge in [-0.15, -0.1) is 0 Å². The van der Waals surface area contributed by atoms with Gasteiger partial charge in [-0.1, -0.05) is 6.92 Å². The number of fused-ring (bicyclic) bond motifs is 1. The fraction of sp³-hybridized carbons (Fsp3) is 0.727. The zero-order valence-electron chi connectivity index (χ0n) is 9.30. The summed E-state index contributed by atoms with van der Waals surface area (Å²) in [5, 5.41) is 8.10. The summed E-state index contributed by atoms with van der Waals surface area (Å²) in [5.41, 5.74) is 4.18. The minimum Gasteiger partial charge on any atom is -0.312 e. The zero-order valence-corrected chi connectivity index (χ0v) is 9.30. The molecule has 2 heterocycles. The van der Waals surface area contributed by atoms with Gasteiger partial charge in [0.2, 0.25) is 0 Å². The van der Waals surface area contributed by atoms with Crippen LogP contribution in [0.25, 0.3) is 0 Å². The van der Waals surface area contributed by atoms with Crippen LogP contribution in [0.5, 0.6) is 0 Å². The van der Waals surface area contributed by atoms with Crippen molar-refractivity contribution in [1.29, 1.82) is 0 Å². The summed E-state index contributed by atoms with van der Waals surface area (Å²) in [6.45, 7) is 8.69. The van der Waals surface area contributed by atoms with Gasteiger partial charge < -0.3 is 5.32 Å². The normalized spacial score (nSPS) is 16.0. The van der Waals surface area contributed by atoms with Crippen LogP contribution >= 0.6 is 0 Å². The Balaban J connectivity index is 2.46. The lowest BCUT2D eigenvalue weighted by atomic mass is 10.1. The molecule has 14 heavy (non-hydrogen) atoms. The molecule has 1 N–H and O–H groups in total. The highest BCUT2D eigenvalue weighted by molar-refractivity contribution is 5.29. The second kappa shape index (κ2) is 3.73. The van der Waals surface area contributed by atoms with Crippen LogP contribution in [0.1, 0.15) is 43.8 Å². The SMILES string of the molecule is CCc1nn(C(C)C)c2c1CNCC2. The van der Waals surface area contributed by atoms with Crippen LogP contribution in [-0.2, 0) is 19.4 Å². The molecule has 0 fully saturated rings. The van der Waals surface area contributed by atoms with Gasteiger partial charge in [0, 0.05) is 36.8 Å². The first-order valence-electron chi connectivity index (χ1n) is 5.53. The molecule has 3 heteroatoms. The molecule has 2 rings (SSSR count). The number of rotatable bonds is 2. The van der Waals surface area contributed by atoms with Crippen molar-refractivity contribution in [3.05, 3.63) is 17.0 Å². The Morgan fingerprint density at radius 1 is 1.50 bits per heavy atom. The van der Waals surface area contributed by atoms with Crippen LogP contribution in [0.2, 0.25) is 0 Å². The predicted octanol–water partition coefficient (Wildman–Crippen LogP) is 1.67. The second-order valence-electron chi connectivity index (χ2n) is 4.19. The van der Waals surface area contributed by atoms with Crippen molar-refractivity contribution < 1.29 is 0 Å². The van der Waals surface area contributed by atoms with Crippen molar-refractivity contribution in [3.63, 3.8) is 0 Å². The molecule has 0 unspecified atom stereocenters. The molecular weight excluding hydrogens is 174 g/mol. The van der Waals surface area contributed by atoms with E-state index in [4.69, 9.17) is 0 Å². The van der Waals surface area contributed by atoms with Crippen LogP contribution in [0.15, 0.2) is 0 Å². The Labute approximate surface area is 85.5 Å². The zero-order chi connectivity index (χ0) is 10.1. The minimum atomic E-state index is 0.488. The van der Waals surface area contributed by atoms with Crippen LogP contribution < -0.4 is 5.32 Å². The molecule has 0 spiro atoms. The highest BCUT2D eigenvalue weighted by atomic mass is 15.3. The molecule has 0 radical (unpaired) electrons. The molecule has 0 bridgehead atoms. The molecule has 0 saturated carbocycles. The summed E-state index contributed by atoms with van der Waals surface area (Å²) in [5.74, 6) is 0. The van der Waals surface area contributed by atoms with Gasteiger partial charge in [-0.05, 0) is 20.3 Å². The summed E-state index contributed by atoms with van der Waals surface area (Å²) in [4.78, 5) is 0. The van der Waals surface area contributed by atoms with Crippen LogP contribution in [0, 0.1) is 0 Å². The lowest BCUT2D eigenvalue weighted by Gasteiger charge is -2.17. The molecule has 0 aromatic carbocycles. The van der Waals surface area contributed by atoms with Crippen LogP contribution in [0.3, 0.4) is 0 Å². The Hall–Kier alpha value is -0.830. The van der Waals surface area contributed by atoms with Gasteiger partial charge in [-0.2, -0.15) is 5.10 Å². The molecule has 3 nitrogen and oxygen atoms in total.